The second-order valence-corrected chi connectivity index (χ2v) is 13.0. The fourth-order valence-electron chi connectivity index (χ4n) is 6.62. The Morgan fingerprint density at radius 2 is 1.89 bits per heavy atom. The van der Waals surface area contributed by atoms with Gasteiger partial charge in [-0.2, -0.15) is 0 Å². The Morgan fingerprint density at radius 1 is 1.13 bits per heavy atom. The first-order valence-corrected chi connectivity index (χ1v) is 15.4. The number of carbonyl (C=O) groups is 1. The second kappa shape index (κ2) is 12.9. The van der Waals surface area contributed by atoms with Gasteiger partial charge in [-0.05, 0) is 66.7 Å². The number of hydrogen-bond acceptors (Lipinski definition) is 3. The smallest absolute Gasteiger partial charge is 0.224 e. The van der Waals surface area contributed by atoms with Gasteiger partial charge < -0.3 is 10.1 Å². The lowest BCUT2D eigenvalue weighted by atomic mass is 9.65. The number of hydrogen-bond donors (Lipinski definition) is 1. The first-order chi connectivity index (χ1) is 18.4. The van der Waals surface area contributed by atoms with Crippen molar-refractivity contribution in [2.24, 2.45) is 23.7 Å². The van der Waals surface area contributed by atoms with Crippen LogP contribution in [0.2, 0.25) is 5.02 Å². The molecule has 7 heteroatoms. The summed E-state index contributed by atoms with van der Waals surface area (Å²) in [5.74, 6) is 1.07. The molecule has 2 fully saturated rings. The Labute approximate surface area is 245 Å². The summed E-state index contributed by atoms with van der Waals surface area (Å²) in [6.07, 6.45) is 16.7. The first-order valence-electron chi connectivity index (χ1n) is 13.8. The first kappa shape index (κ1) is 28.2. The molecule has 7 unspecified atom stereocenters. The van der Waals surface area contributed by atoms with E-state index in [2.05, 4.69) is 63.5 Å². The molecule has 0 spiro atoms. The van der Waals surface area contributed by atoms with E-state index in [0.29, 0.717) is 22.9 Å². The van der Waals surface area contributed by atoms with Crippen molar-refractivity contribution in [2.45, 2.75) is 50.1 Å². The fraction of sp³-hybridized carbons (Fsp3) is 0.516. The third kappa shape index (κ3) is 6.67. The highest BCUT2D eigenvalue weighted by atomic mass is 79.9. The van der Waals surface area contributed by atoms with Crippen LogP contribution in [-0.2, 0) is 9.53 Å². The van der Waals surface area contributed by atoms with Gasteiger partial charge in [-0.15, -0.1) is 11.6 Å². The van der Waals surface area contributed by atoms with Gasteiger partial charge in [-0.3, -0.25) is 9.69 Å². The maximum atomic E-state index is 14.2. The maximum Gasteiger partial charge on any atom is 0.224 e. The largest absolute Gasteiger partial charge is 0.379 e. The second-order valence-electron chi connectivity index (χ2n) is 11.0. The van der Waals surface area contributed by atoms with Gasteiger partial charge in [0, 0.05) is 34.6 Å². The average molecular weight is 620 g/mol. The van der Waals surface area contributed by atoms with Crippen LogP contribution >= 0.6 is 39.1 Å². The Kier molecular flexibility index (Phi) is 9.54. The van der Waals surface area contributed by atoms with E-state index in [0.717, 1.165) is 67.6 Å². The average Bonchev–Trinajstić information content (AvgIpc) is 2.93. The molecule has 3 aliphatic carbocycles. The van der Waals surface area contributed by atoms with Crippen LogP contribution < -0.4 is 5.32 Å². The molecule has 0 radical (unpaired) electrons. The number of halogens is 3. The molecular formula is C31H37BrCl2N2O2. The number of benzene rings is 1. The molecule has 1 aromatic rings. The summed E-state index contributed by atoms with van der Waals surface area (Å²) < 4.78 is 6.75. The molecule has 1 aliphatic heterocycles. The number of amides is 1. The molecule has 0 aromatic heterocycles. The standard InChI is InChI=1S/C31H37BrCl2N2O2/c1-20-18-23(32)6-12-27(20)29-19-26(36-14-16-38-17-15-36)11-13-28(29)31(37)35-30(21-2-7-24(33)8-3-21)22-4-9-25(34)10-5-22/h2-9,12,18,20,25-30H,10-11,13-17,19H2,1H3,(H,35,37). The summed E-state index contributed by atoms with van der Waals surface area (Å²) in [5.41, 5.74) is 2.11. The number of rotatable bonds is 6. The number of nitrogens with one attached hydrogen (secondary N) is 1. The normalized spacial score (nSPS) is 32.8. The molecule has 1 saturated heterocycles. The molecule has 0 bridgehead atoms. The summed E-state index contributed by atoms with van der Waals surface area (Å²) >= 11 is 16.2. The van der Waals surface area contributed by atoms with Gasteiger partial charge in [0.2, 0.25) is 5.91 Å². The van der Waals surface area contributed by atoms with E-state index < -0.39 is 0 Å². The lowest BCUT2D eigenvalue weighted by Crippen LogP contribution is -2.50. The molecule has 1 heterocycles. The number of allylic oxidation sites excluding steroid dienone is 6. The van der Waals surface area contributed by atoms with Gasteiger partial charge >= 0.3 is 0 Å². The highest BCUT2D eigenvalue weighted by Gasteiger charge is 2.42. The third-order valence-electron chi connectivity index (χ3n) is 8.67. The Hall–Kier alpha value is -1.37. The molecule has 7 atom stereocenters. The summed E-state index contributed by atoms with van der Waals surface area (Å²) in [7, 11) is 0. The third-order valence-corrected chi connectivity index (χ3v) is 9.78. The van der Waals surface area contributed by atoms with E-state index >= 15 is 0 Å². The van der Waals surface area contributed by atoms with Crippen molar-refractivity contribution in [3.8, 4) is 0 Å². The number of carbonyl (C=O) groups excluding carboxylic acids is 1. The van der Waals surface area contributed by atoms with Crippen molar-refractivity contribution >= 4 is 45.0 Å². The summed E-state index contributed by atoms with van der Waals surface area (Å²) in [5, 5.41) is 4.15. The van der Waals surface area contributed by atoms with E-state index in [1.54, 1.807) is 0 Å². The summed E-state index contributed by atoms with van der Waals surface area (Å²) in [4.78, 5) is 16.8. The van der Waals surface area contributed by atoms with Gasteiger partial charge in [0.05, 0.1) is 24.6 Å². The van der Waals surface area contributed by atoms with Crippen LogP contribution in [0.4, 0.5) is 0 Å². The van der Waals surface area contributed by atoms with Crippen LogP contribution in [0.1, 0.15) is 44.2 Å². The lowest BCUT2D eigenvalue weighted by Gasteiger charge is -2.45. The molecule has 5 rings (SSSR count). The van der Waals surface area contributed by atoms with Gasteiger partial charge in [0.1, 0.15) is 0 Å². The zero-order valence-electron chi connectivity index (χ0n) is 21.9. The van der Waals surface area contributed by atoms with E-state index in [-0.39, 0.29) is 29.2 Å². The zero-order chi connectivity index (χ0) is 26.6. The van der Waals surface area contributed by atoms with E-state index in [9.17, 15) is 4.79 Å². The predicted molar refractivity (Wildman–Crippen MR) is 160 cm³/mol. The molecule has 1 N–H and O–H groups in total. The van der Waals surface area contributed by atoms with Crippen molar-refractivity contribution < 1.29 is 9.53 Å². The molecule has 4 aliphatic rings. The lowest BCUT2D eigenvalue weighted by molar-refractivity contribution is -0.130. The van der Waals surface area contributed by atoms with Crippen molar-refractivity contribution in [3.63, 3.8) is 0 Å². The van der Waals surface area contributed by atoms with Gasteiger partial charge in [-0.25, -0.2) is 0 Å². The highest BCUT2D eigenvalue weighted by molar-refractivity contribution is 9.11. The van der Waals surface area contributed by atoms with Crippen molar-refractivity contribution in [3.05, 3.63) is 81.4 Å². The quantitative estimate of drug-likeness (QED) is 0.342. The van der Waals surface area contributed by atoms with Gasteiger partial charge in [0.25, 0.3) is 0 Å². The van der Waals surface area contributed by atoms with Crippen LogP contribution in [0, 0.1) is 23.7 Å². The van der Waals surface area contributed by atoms with Crippen molar-refractivity contribution in [1.82, 2.24) is 10.2 Å². The van der Waals surface area contributed by atoms with Crippen LogP contribution in [0.3, 0.4) is 0 Å². The molecule has 4 nitrogen and oxygen atoms in total. The minimum absolute atomic E-state index is 0.00730. The fourth-order valence-corrected chi connectivity index (χ4v) is 7.48. The van der Waals surface area contributed by atoms with E-state index in [4.69, 9.17) is 27.9 Å². The summed E-state index contributed by atoms with van der Waals surface area (Å²) in [6, 6.07) is 8.07. The molecule has 1 amide bonds. The minimum atomic E-state index is -0.230. The monoisotopic (exact) mass is 618 g/mol. The van der Waals surface area contributed by atoms with Crippen LogP contribution in [0.25, 0.3) is 0 Å². The molecule has 1 aromatic carbocycles. The highest BCUT2D eigenvalue weighted by Crippen LogP contribution is 2.44. The number of alkyl halides is 1. The van der Waals surface area contributed by atoms with E-state index in [1.807, 2.05) is 30.3 Å². The molecule has 204 valence electrons. The molecular weight excluding hydrogens is 583 g/mol. The maximum absolute atomic E-state index is 14.2. The molecule has 38 heavy (non-hydrogen) atoms. The Morgan fingerprint density at radius 3 is 2.58 bits per heavy atom. The van der Waals surface area contributed by atoms with Crippen LogP contribution in [0.5, 0.6) is 0 Å². The molecule has 1 saturated carbocycles. The number of nitrogens with zero attached hydrogens (tertiary/aromatic N) is 1. The Bertz CT molecular complexity index is 1110. The number of ether oxygens (including phenoxy) is 1. The van der Waals surface area contributed by atoms with Gasteiger partial charge in [-0.1, -0.05) is 83.0 Å². The number of morpholine rings is 1. The SMILES string of the molecule is CC1C=C(Br)C=CC1C1CC(N2CCOCC2)CCC1C(=O)NC(C1=CCC(Cl)C=C1)c1ccc(Cl)cc1. The van der Waals surface area contributed by atoms with E-state index in [1.165, 1.54) is 0 Å². The van der Waals surface area contributed by atoms with Crippen molar-refractivity contribution in [1.29, 1.82) is 0 Å². The predicted octanol–water partition coefficient (Wildman–Crippen LogP) is 7.21. The Balaban J connectivity index is 1.39. The van der Waals surface area contributed by atoms with Gasteiger partial charge in [0.15, 0.2) is 0 Å². The zero-order valence-corrected chi connectivity index (χ0v) is 25.0. The summed E-state index contributed by atoms with van der Waals surface area (Å²) in [6.45, 7) is 5.84. The van der Waals surface area contributed by atoms with Crippen molar-refractivity contribution in [2.75, 3.05) is 26.3 Å². The van der Waals surface area contributed by atoms with Crippen LogP contribution in [0.15, 0.2) is 70.8 Å². The minimum Gasteiger partial charge on any atom is -0.379 e. The van der Waals surface area contributed by atoms with Crippen LogP contribution in [-0.4, -0.2) is 48.5 Å². The topological polar surface area (TPSA) is 41.6 Å².